The highest BCUT2D eigenvalue weighted by molar-refractivity contribution is 5.77. The van der Waals surface area contributed by atoms with Crippen molar-refractivity contribution >= 4 is 11.5 Å². The van der Waals surface area contributed by atoms with Crippen LogP contribution in [0.25, 0.3) is 5.57 Å². The summed E-state index contributed by atoms with van der Waals surface area (Å²) in [6.45, 7) is 9.44. The highest BCUT2D eigenvalue weighted by atomic mass is 16.3. The van der Waals surface area contributed by atoms with Gasteiger partial charge in [0.15, 0.2) is 0 Å². The van der Waals surface area contributed by atoms with Crippen molar-refractivity contribution in [1.29, 1.82) is 0 Å². The Kier molecular flexibility index (Phi) is 7.98. The van der Waals surface area contributed by atoms with E-state index in [0.29, 0.717) is 30.2 Å². The van der Waals surface area contributed by atoms with Crippen LogP contribution in [-0.2, 0) is 11.2 Å². The molecule has 0 bridgehead atoms. The number of carbonyl (C=O) groups excluding carboxylic acids is 1. The van der Waals surface area contributed by atoms with Gasteiger partial charge < -0.3 is 15.4 Å². The smallest absolute Gasteiger partial charge is 0.222 e. The number of fused-ring (bicyclic) bond motifs is 1. The van der Waals surface area contributed by atoms with E-state index in [4.69, 9.17) is 4.98 Å². The van der Waals surface area contributed by atoms with Crippen molar-refractivity contribution in [3.05, 3.63) is 53.1 Å². The third-order valence-corrected chi connectivity index (χ3v) is 8.42. The Morgan fingerprint density at radius 1 is 1.27 bits per heavy atom. The van der Waals surface area contributed by atoms with Gasteiger partial charge in [0.25, 0.3) is 0 Å². The minimum Gasteiger partial charge on any atom is -0.508 e. The van der Waals surface area contributed by atoms with Crippen molar-refractivity contribution in [1.82, 2.24) is 31.0 Å². The van der Waals surface area contributed by atoms with Crippen LogP contribution in [0.1, 0.15) is 81.1 Å². The van der Waals surface area contributed by atoms with Crippen LogP contribution < -0.4 is 16.2 Å². The SMILES string of the molecule is CCc1cc(O)ccc1C1CCC2C(C1)NNC2c1ncc(C2=CCCN(CCNC(=O)C(C)C)C2)[nH]1. The lowest BCUT2D eigenvalue weighted by atomic mass is 9.73. The summed E-state index contributed by atoms with van der Waals surface area (Å²) >= 11 is 0. The van der Waals surface area contributed by atoms with E-state index in [0.717, 1.165) is 63.3 Å². The molecule has 37 heavy (non-hydrogen) atoms. The number of carbonyl (C=O) groups is 1. The quantitative estimate of drug-likeness (QED) is 0.374. The zero-order valence-electron chi connectivity index (χ0n) is 22.4. The first-order valence-corrected chi connectivity index (χ1v) is 14.0. The number of rotatable bonds is 8. The molecule has 200 valence electrons. The molecule has 5 rings (SSSR count). The van der Waals surface area contributed by atoms with E-state index in [1.807, 2.05) is 32.2 Å². The van der Waals surface area contributed by atoms with E-state index in [-0.39, 0.29) is 17.9 Å². The summed E-state index contributed by atoms with van der Waals surface area (Å²) in [6, 6.07) is 6.46. The standard InChI is InChI=1S/C29H42N6O2/c1-4-19-14-22(36)8-10-23(19)20-7-9-24-25(15-20)33-34-27(24)28-31-16-26(32-28)21-6-5-12-35(17-21)13-11-30-29(37)18(2)3/h6,8,10,14,16,18,20,24-25,27,33-34,36H,4-5,7,9,11-13,15,17H2,1-3H3,(H,30,37)(H,31,32). The summed E-state index contributed by atoms with van der Waals surface area (Å²) in [6.07, 6.45) is 9.63. The zero-order chi connectivity index (χ0) is 25.9. The summed E-state index contributed by atoms with van der Waals surface area (Å²) in [5, 5.41) is 12.9. The molecule has 1 saturated heterocycles. The second-order valence-corrected chi connectivity index (χ2v) is 11.2. The number of benzene rings is 1. The largest absolute Gasteiger partial charge is 0.508 e. The van der Waals surface area contributed by atoms with Gasteiger partial charge in [-0.3, -0.25) is 15.1 Å². The van der Waals surface area contributed by atoms with Crippen LogP contribution >= 0.6 is 0 Å². The molecule has 0 radical (unpaired) electrons. The third kappa shape index (κ3) is 5.76. The number of hydrogen-bond acceptors (Lipinski definition) is 6. The van der Waals surface area contributed by atoms with Crippen molar-refractivity contribution in [2.24, 2.45) is 11.8 Å². The van der Waals surface area contributed by atoms with Crippen LogP contribution in [0.2, 0.25) is 0 Å². The molecular formula is C29H42N6O2. The van der Waals surface area contributed by atoms with Gasteiger partial charge in [0.1, 0.15) is 11.6 Å². The fraction of sp³-hybridized carbons (Fsp3) is 0.586. The Hall–Kier alpha value is -2.68. The number of aryl methyl sites for hydroxylation is 1. The molecule has 1 saturated carbocycles. The Morgan fingerprint density at radius 2 is 2.14 bits per heavy atom. The van der Waals surface area contributed by atoms with Crippen LogP contribution in [-0.4, -0.2) is 58.1 Å². The second kappa shape index (κ2) is 11.4. The maximum Gasteiger partial charge on any atom is 0.222 e. The number of nitrogens with zero attached hydrogens (tertiary/aromatic N) is 2. The Labute approximate surface area is 220 Å². The van der Waals surface area contributed by atoms with Crippen LogP contribution in [0, 0.1) is 11.8 Å². The fourth-order valence-electron chi connectivity index (χ4n) is 6.30. The van der Waals surface area contributed by atoms with Gasteiger partial charge in [-0.25, -0.2) is 10.4 Å². The van der Waals surface area contributed by atoms with Gasteiger partial charge in [0.05, 0.1) is 17.9 Å². The van der Waals surface area contributed by atoms with E-state index >= 15 is 0 Å². The molecular weight excluding hydrogens is 464 g/mol. The maximum atomic E-state index is 11.9. The summed E-state index contributed by atoms with van der Waals surface area (Å²) < 4.78 is 0. The van der Waals surface area contributed by atoms with Gasteiger partial charge in [-0.05, 0) is 72.8 Å². The van der Waals surface area contributed by atoms with Crippen molar-refractivity contribution in [3.8, 4) is 5.75 Å². The Morgan fingerprint density at radius 3 is 2.95 bits per heavy atom. The molecule has 2 aromatic rings. The predicted molar refractivity (Wildman–Crippen MR) is 146 cm³/mol. The second-order valence-electron chi connectivity index (χ2n) is 11.2. The molecule has 1 amide bonds. The summed E-state index contributed by atoms with van der Waals surface area (Å²) in [5.74, 6) is 2.52. The summed E-state index contributed by atoms with van der Waals surface area (Å²) in [4.78, 5) is 22.7. The molecule has 5 N–H and O–H groups in total. The highest BCUT2D eigenvalue weighted by Crippen LogP contribution is 2.44. The predicted octanol–water partition coefficient (Wildman–Crippen LogP) is 3.64. The third-order valence-electron chi connectivity index (χ3n) is 8.42. The molecule has 2 fully saturated rings. The minimum atomic E-state index is 0.0233. The fourth-order valence-corrected chi connectivity index (χ4v) is 6.30. The van der Waals surface area contributed by atoms with Gasteiger partial charge in [-0.1, -0.05) is 32.9 Å². The van der Waals surface area contributed by atoms with Crippen molar-refractivity contribution in [2.75, 3.05) is 26.2 Å². The lowest BCUT2D eigenvalue weighted by Gasteiger charge is -2.33. The van der Waals surface area contributed by atoms with E-state index in [9.17, 15) is 9.90 Å². The monoisotopic (exact) mass is 506 g/mol. The molecule has 3 heterocycles. The van der Waals surface area contributed by atoms with E-state index in [1.165, 1.54) is 16.7 Å². The van der Waals surface area contributed by atoms with Gasteiger partial charge in [0.2, 0.25) is 5.91 Å². The number of nitrogens with one attached hydrogen (secondary N) is 4. The molecule has 8 nitrogen and oxygen atoms in total. The molecule has 1 aromatic heterocycles. The van der Waals surface area contributed by atoms with Gasteiger partial charge >= 0.3 is 0 Å². The summed E-state index contributed by atoms with van der Waals surface area (Å²) in [7, 11) is 0. The first-order chi connectivity index (χ1) is 17.9. The average molecular weight is 507 g/mol. The lowest BCUT2D eigenvalue weighted by Crippen LogP contribution is -2.38. The Balaban J connectivity index is 1.18. The molecule has 8 heteroatoms. The minimum absolute atomic E-state index is 0.0233. The molecule has 2 aliphatic heterocycles. The average Bonchev–Trinajstić information content (AvgIpc) is 3.55. The number of aromatic nitrogens is 2. The summed E-state index contributed by atoms with van der Waals surface area (Å²) in [5.41, 5.74) is 12.2. The highest BCUT2D eigenvalue weighted by Gasteiger charge is 2.42. The van der Waals surface area contributed by atoms with Crippen molar-refractivity contribution in [3.63, 3.8) is 0 Å². The number of hydrazine groups is 1. The number of aromatic hydroxyl groups is 1. The number of imidazole rings is 1. The van der Waals surface area contributed by atoms with Crippen molar-refractivity contribution < 1.29 is 9.90 Å². The molecule has 0 spiro atoms. The number of aromatic amines is 1. The van der Waals surface area contributed by atoms with Gasteiger partial charge in [-0.2, -0.15) is 0 Å². The normalized spacial score (nSPS) is 26.2. The maximum absolute atomic E-state index is 11.9. The molecule has 1 aromatic carbocycles. The van der Waals surface area contributed by atoms with E-state index < -0.39 is 0 Å². The number of amides is 1. The van der Waals surface area contributed by atoms with Gasteiger partial charge in [0, 0.05) is 38.1 Å². The lowest BCUT2D eigenvalue weighted by molar-refractivity contribution is -0.124. The number of phenols is 1. The first-order valence-electron chi connectivity index (χ1n) is 14.0. The van der Waals surface area contributed by atoms with Crippen LogP contribution in [0.3, 0.4) is 0 Å². The number of hydrogen-bond donors (Lipinski definition) is 5. The molecule has 1 aliphatic carbocycles. The zero-order valence-corrected chi connectivity index (χ0v) is 22.4. The van der Waals surface area contributed by atoms with Crippen LogP contribution in [0.15, 0.2) is 30.5 Å². The molecule has 3 aliphatic rings. The van der Waals surface area contributed by atoms with E-state index in [1.54, 1.807) is 0 Å². The van der Waals surface area contributed by atoms with E-state index in [2.05, 4.69) is 45.1 Å². The van der Waals surface area contributed by atoms with Gasteiger partial charge in [-0.15, -0.1) is 0 Å². The molecule has 4 unspecified atom stereocenters. The van der Waals surface area contributed by atoms with Crippen LogP contribution in [0.5, 0.6) is 5.75 Å². The van der Waals surface area contributed by atoms with Crippen molar-refractivity contribution in [2.45, 2.75) is 70.9 Å². The topological polar surface area (TPSA) is 105 Å². The first kappa shape index (κ1) is 25.9. The number of phenolic OH excluding ortho intramolecular Hbond substituents is 1. The van der Waals surface area contributed by atoms with Crippen LogP contribution in [0.4, 0.5) is 0 Å². The molecule has 4 atom stereocenters. The Bertz CT molecular complexity index is 1130. The number of H-pyrrole nitrogens is 1.